The summed E-state index contributed by atoms with van der Waals surface area (Å²) in [6, 6.07) is 2.96. The Kier molecular flexibility index (Phi) is 5.74. The van der Waals surface area contributed by atoms with Crippen molar-refractivity contribution >= 4 is 50.2 Å². The summed E-state index contributed by atoms with van der Waals surface area (Å²) in [7, 11) is 0. The molecule has 1 aromatic heterocycles. The van der Waals surface area contributed by atoms with E-state index in [1.54, 1.807) is 6.07 Å². The van der Waals surface area contributed by atoms with Crippen LogP contribution in [0.5, 0.6) is 0 Å². The van der Waals surface area contributed by atoms with Gasteiger partial charge in [0.05, 0.1) is 34.8 Å². The molecule has 0 unspecified atom stereocenters. The van der Waals surface area contributed by atoms with Gasteiger partial charge in [-0.2, -0.15) is 0 Å². The maximum atomic E-state index is 12.6. The number of carbonyl (C=O) groups is 2. The number of ether oxygens (including phenoxy) is 1. The molecule has 26 heavy (non-hydrogen) atoms. The van der Waals surface area contributed by atoms with Gasteiger partial charge in [-0.15, -0.1) is 0 Å². The van der Waals surface area contributed by atoms with Gasteiger partial charge in [-0.05, 0) is 41.0 Å². The Bertz CT molecular complexity index is 930. The smallest absolute Gasteiger partial charge is 0.302 e. The van der Waals surface area contributed by atoms with Gasteiger partial charge in [0.15, 0.2) is 5.78 Å². The zero-order valence-corrected chi connectivity index (χ0v) is 16.3. The Labute approximate surface area is 162 Å². The number of ketones is 1. The summed E-state index contributed by atoms with van der Waals surface area (Å²) in [5.41, 5.74) is 0.177. The molecule has 0 amide bonds. The van der Waals surface area contributed by atoms with Gasteiger partial charge in [-0.1, -0.05) is 11.6 Å². The Balaban J connectivity index is 1.75. The summed E-state index contributed by atoms with van der Waals surface area (Å²) in [6.07, 6.45) is 1.87. The van der Waals surface area contributed by atoms with Gasteiger partial charge in [0.1, 0.15) is 6.10 Å². The van der Waals surface area contributed by atoms with Crippen molar-refractivity contribution in [1.82, 2.24) is 14.9 Å². The highest BCUT2D eigenvalue weighted by Crippen LogP contribution is 2.25. The third kappa shape index (κ3) is 4.13. The Morgan fingerprint density at radius 1 is 1.46 bits per heavy atom. The molecular formula is C17H17BrClN3O4. The van der Waals surface area contributed by atoms with Crippen LogP contribution >= 0.6 is 27.5 Å². The van der Waals surface area contributed by atoms with Crippen LogP contribution in [0, 0.1) is 0 Å². The maximum absolute atomic E-state index is 12.6. The minimum Gasteiger partial charge on any atom is -0.461 e. The monoisotopic (exact) mass is 441 g/mol. The Morgan fingerprint density at radius 2 is 2.23 bits per heavy atom. The van der Waals surface area contributed by atoms with Gasteiger partial charge < -0.3 is 10.1 Å². The molecule has 2 atom stereocenters. The van der Waals surface area contributed by atoms with Crippen molar-refractivity contribution in [3.05, 3.63) is 38.3 Å². The molecule has 1 N–H and O–H groups in total. The molecule has 0 saturated carbocycles. The molecule has 2 heterocycles. The molecule has 2 aromatic rings. The fourth-order valence-electron chi connectivity index (χ4n) is 3.07. The van der Waals surface area contributed by atoms with E-state index in [-0.39, 0.29) is 42.4 Å². The summed E-state index contributed by atoms with van der Waals surface area (Å²) in [5.74, 6) is -0.512. The van der Waals surface area contributed by atoms with Crippen LogP contribution in [0.3, 0.4) is 0 Å². The lowest BCUT2D eigenvalue weighted by atomic mass is 10.1. The number of esters is 1. The van der Waals surface area contributed by atoms with Crippen LogP contribution in [-0.4, -0.2) is 40.0 Å². The predicted octanol–water partition coefficient (Wildman–Crippen LogP) is 2.07. The topological polar surface area (TPSA) is 90.3 Å². The largest absolute Gasteiger partial charge is 0.461 e. The second-order valence-corrected chi connectivity index (χ2v) is 7.46. The maximum Gasteiger partial charge on any atom is 0.302 e. The first kappa shape index (κ1) is 19.0. The van der Waals surface area contributed by atoms with Crippen LogP contribution < -0.4 is 10.9 Å². The first-order chi connectivity index (χ1) is 12.3. The summed E-state index contributed by atoms with van der Waals surface area (Å²) in [6.45, 7) is 1.93. The first-order valence-corrected chi connectivity index (χ1v) is 9.28. The number of hydrogen-bond donors (Lipinski definition) is 1. The van der Waals surface area contributed by atoms with Crippen molar-refractivity contribution in [2.45, 2.75) is 38.5 Å². The van der Waals surface area contributed by atoms with Crippen molar-refractivity contribution in [2.75, 3.05) is 6.54 Å². The fourth-order valence-corrected chi connectivity index (χ4v) is 3.56. The molecule has 3 rings (SSSR count). The van der Waals surface area contributed by atoms with Crippen LogP contribution in [0.15, 0.2) is 27.7 Å². The second kappa shape index (κ2) is 7.85. The summed E-state index contributed by atoms with van der Waals surface area (Å²) in [4.78, 5) is 40.4. The fraction of sp³-hybridized carbons (Fsp3) is 0.412. The van der Waals surface area contributed by atoms with Crippen LogP contribution in [-0.2, 0) is 20.9 Å². The molecule has 0 radical (unpaired) electrons. The van der Waals surface area contributed by atoms with Crippen LogP contribution in [0.1, 0.15) is 19.8 Å². The molecule has 9 heteroatoms. The SMILES string of the molecule is CC(=O)O[C@H]1CCN[C@@H]1CC(=O)Cn1cnc2cc(Br)c(Cl)cc2c1=O. The molecular weight excluding hydrogens is 426 g/mol. The number of rotatable bonds is 5. The quantitative estimate of drug-likeness (QED) is 0.713. The second-order valence-electron chi connectivity index (χ2n) is 6.20. The van der Waals surface area contributed by atoms with E-state index in [2.05, 4.69) is 26.2 Å². The summed E-state index contributed by atoms with van der Waals surface area (Å²) in [5, 5.41) is 3.92. The Morgan fingerprint density at radius 3 is 2.96 bits per heavy atom. The van der Waals surface area contributed by atoms with Crippen LogP contribution in [0.2, 0.25) is 5.02 Å². The van der Waals surface area contributed by atoms with Gasteiger partial charge >= 0.3 is 5.97 Å². The van der Waals surface area contributed by atoms with Crippen LogP contribution in [0.25, 0.3) is 10.9 Å². The molecule has 1 saturated heterocycles. The number of halogens is 2. The van der Waals surface area contributed by atoms with E-state index >= 15 is 0 Å². The predicted molar refractivity (Wildman–Crippen MR) is 100 cm³/mol. The molecule has 7 nitrogen and oxygen atoms in total. The molecule has 1 aliphatic rings. The number of nitrogens with one attached hydrogen (secondary N) is 1. The van der Waals surface area contributed by atoms with Gasteiger partial charge in [0.2, 0.25) is 0 Å². The average molecular weight is 443 g/mol. The lowest BCUT2D eigenvalue weighted by Crippen LogP contribution is -2.36. The molecule has 0 bridgehead atoms. The van der Waals surface area contributed by atoms with E-state index in [1.165, 1.54) is 23.9 Å². The molecule has 138 valence electrons. The average Bonchev–Trinajstić information content (AvgIpc) is 2.98. The highest BCUT2D eigenvalue weighted by Gasteiger charge is 2.31. The number of benzene rings is 1. The highest BCUT2D eigenvalue weighted by atomic mass is 79.9. The van der Waals surface area contributed by atoms with Crippen molar-refractivity contribution in [3.8, 4) is 0 Å². The van der Waals surface area contributed by atoms with Gasteiger partial charge in [0, 0.05) is 17.8 Å². The van der Waals surface area contributed by atoms with Gasteiger partial charge in [-0.25, -0.2) is 4.98 Å². The molecule has 1 fully saturated rings. The number of Topliss-reactive ketones (excluding diaryl/α,β-unsaturated/α-hetero) is 1. The lowest BCUT2D eigenvalue weighted by molar-refractivity contribution is -0.147. The number of fused-ring (bicyclic) bond motifs is 1. The molecule has 0 aliphatic carbocycles. The molecule has 1 aromatic carbocycles. The van der Waals surface area contributed by atoms with Crippen molar-refractivity contribution in [3.63, 3.8) is 0 Å². The first-order valence-electron chi connectivity index (χ1n) is 8.11. The minimum atomic E-state index is -0.367. The Hall–Kier alpha value is -1.77. The van der Waals surface area contributed by atoms with E-state index in [0.29, 0.717) is 33.4 Å². The highest BCUT2D eigenvalue weighted by molar-refractivity contribution is 9.10. The van der Waals surface area contributed by atoms with Crippen molar-refractivity contribution in [2.24, 2.45) is 0 Å². The zero-order chi connectivity index (χ0) is 18.8. The van der Waals surface area contributed by atoms with Crippen LogP contribution in [0.4, 0.5) is 0 Å². The lowest BCUT2D eigenvalue weighted by Gasteiger charge is -2.18. The number of carbonyl (C=O) groups excluding carboxylic acids is 2. The van der Waals surface area contributed by atoms with E-state index in [4.69, 9.17) is 16.3 Å². The van der Waals surface area contributed by atoms with E-state index in [1.807, 2.05) is 0 Å². The summed E-state index contributed by atoms with van der Waals surface area (Å²) >= 11 is 9.34. The summed E-state index contributed by atoms with van der Waals surface area (Å²) < 4.78 is 7.14. The zero-order valence-electron chi connectivity index (χ0n) is 14.0. The van der Waals surface area contributed by atoms with Gasteiger partial charge in [-0.3, -0.25) is 19.0 Å². The van der Waals surface area contributed by atoms with E-state index < -0.39 is 0 Å². The minimum absolute atomic E-state index is 0.0968. The molecule has 0 spiro atoms. The van der Waals surface area contributed by atoms with Crippen molar-refractivity contribution in [1.29, 1.82) is 0 Å². The normalized spacial score (nSPS) is 19.7. The number of hydrogen-bond acceptors (Lipinski definition) is 6. The van der Waals surface area contributed by atoms with Gasteiger partial charge in [0.25, 0.3) is 5.56 Å². The number of nitrogens with zero attached hydrogens (tertiary/aromatic N) is 2. The van der Waals surface area contributed by atoms with Crippen molar-refractivity contribution < 1.29 is 14.3 Å². The number of aromatic nitrogens is 2. The van der Waals surface area contributed by atoms with E-state index in [0.717, 1.165) is 0 Å². The standard InChI is InChI=1S/C17H17BrClN3O4/c1-9(23)26-16-2-3-20-15(16)4-10(24)7-22-8-21-14-6-12(18)13(19)5-11(14)17(22)25/h5-6,8,15-16,20H,2-4,7H2,1H3/t15-,16+/m1/s1. The third-order valence-electron chi connectivity index (χ3n) is 4.26. The third-order valence-corrected chi connectivity index (χ3v) is 5.46. The van der Waals surface area contributed by atoms with E-state index in [9.17, 15) is 14.4 Å². The molecule has 1 aliphatic heterocycles.